The van der Waals surface area contributed by atoms with E-state index in [4.69, 9.17) is 16.3 Å². The first-order valence-corrected chi connectivity index (χ1v) is 11.0. The molecule has 1 saturated heterocycles. The molecule has 0 atom stereocenters. The molecule has 0 bridgehead atoms. The Morgan fingerprint density at radius 3 is 2.68 bits per heavy atom. The molecular formula is C23H28ClN5O2. The molecule has 0 spiro atoms. The monoisotopic (exact) mass is 441 g/mol. The predicted octanol–water partition coefficient (Wildman–Crippen LogP) is 3.35. The van der Waals surface area contributed by atoms with Crippen molar-refractivity contribution in [3.63, 3.8) is 0 Å². The Hall–Kier alpha value is -2.64. The second-order valence-electron chi connectivity index (χ2n) is 8.13. The van der Waals surface area contributed by atoms with Gasteiger partial charge >= 0.3 is 0 Å². The number of benzene rings is 1. The molecule has 0 saturated carbocycles. The van der Waals surface area contributed by atoms with E-state index in [0.717, 1.165) is 59.9 Å². The first-order chi connectivity index (χ1) is 14.9. The van der Waals surface area contributed by atoms with E-state index in [1.807, 2.05) is 44.0 Å². The van der Waals surface area contributed by atoms with Crippen LogP contribution in [0.4, 0.5) is 0 Å². The van der Waals surface area contributed by atoms with Crippen molar-refractivity contribution in [3.05, 3.63) is 52.2 Å². The standard InChI is InChI=1S/C23H28ClN5O2/c1-16-13-17(2)25-22-21(16)23(26-27(22)3)31-15-20(30)29-10-4-9-28(11-12-29)14-18-5-7-19(24)8-6-18/h5-8,13H,4,9-12,14-15H2,1-3H3. The van der Waals surface area contributed by atoms with Crippen LogP contribution in [-0.2, 0) is 18.4 Å². The number of halogens is 1. The normalized spacial score (nSPS) is 15.3. The van der Waals surface area contributed by atoms with Crippen molar-refractivity contribution in [2.45, 2.75) is 26.8 Å². The van der Waals surface area contributed by atoms with Crippen molar-refractivity contribution in [2.24, 2.45) is 7.05 Å². The van der Waals surface area contributed by atoms with Gasteiger partial charge in [-0.3, -0.25) is 9.69 Å². The summed E-state index contributed by atoms with van der Waals surface area (Å²) in [5.41, 5.74) is 3.98. The molecule has 4 rings (SSSR count). The van der Waals surface area contributed by atoms with Crippen molar-refractivity contribution in [3.8, 4) is 5.88 Å². The molecule has 3 heterocycles. The van der Waals surface area contributed by atoms with E-state index < -0.39 is 0 Å². The van der Waals surface area contributed by atoms with Gasteiger partial charge in [0.1, 0.15) is 0 Å². The van der Waals surface area contributed by atoms with Gasteiger partial charge in [-0.2, -0.15) is 0 Å². The zero-order chi connectivity index (χ0) is 22.0. The molecule has 1 fully saturated rings. The Morgan fingerprint density at radius 2 is 1.90 bits per heavy atom. The first-order valence-electron chi connectivity index (χ1n) is 10.6. The van der Waals surface area contributed by atoms with Crippen molar-refractivity contribution >= 4 is 28.5 Å². The lowest BCUT2D eigenvalue weighted by Gasteiger charge is -2.22. The van der Waals surface area contributed by atoms with Crippen molar-refractivity contribution in [1.82, 2.24) is 24.6 Å². The summed E-state index contributed by atoms with van der Waals surface area (Å²) < 4.78 is 7.57. The van der Waals surface area contributed by atoms with Crippen LogP contribution in [0.25, 0.3) is 11.0 Å². The zero-order valence-corrected chi connectivity index (χ0v) is 19.0. The average Bonchev–Trinajstić information content (AvgIpc) is 2.89. The highest BCUT2D eigenvalue weighted by Crippen LogP contribution is 2.27. The van der Waals surface area contributed by atoms with Gasteiger partial charge in [-0.1, -0.05) is 23.7 Å². The molecule has 0 aliphatic carbocycles. The van der Waals surface area contributed by atoms with E-state index in [0.29, 0.717) is 12.4 Å². The second kappa shape index (κ2) is 9.24. The lowest BCUT2D eigenvalue weighted by molar-refractivity contribution is -0.133. The van der Waals surface area contributed by atoms with Crippen LogP contribution in [-0.4, -0.2) is 63.3 Å². The number of fused-ring (bicyclic) bond motifs is 1. The Kier molecular flexibility index (Phi) is 6.43. The van der Waals surface area contributed by atoms with Crippen molar-refractivity contribution in [2.75, 3.05) is 32.8 Å². The molecule has 0 unspecified atom stereocenters. The van der Waals surface area contributed by atoms with Gasteiger partial charge in [-0.15, -0.1) is 5.10 Å². The Labute approximate surface area is 187 Å². The summed E-state index contributed by atoms with van der Waals surface area (Å²) in [4.78, 5) is 21.6. The van der Waals surface area contributed by atoms with Crippen LogP contribution in [0.5, 0.6) is 5.88 Å². The van der Waals surface area contributed by atoms with Crippen LogP contribution in [0, 0.1) is 13.8 Å². The fourth-order valence-corrected chi connectivity index (χ4v) is 4.22. The van der Waals surface area contributed by atoms with Crippen LogP contribution >= 0.6 is 11.6 Å². The van der Waals surface area contributed by atoms with Gasteiger partial charge in [-0.25, -0.2) is 9.67 Å². The summed E-state index contributed by atoms with van der Waals surface area (Å²) in [6.45, 7) is 8.04. The van der Waals surface area contributed by atoms with E-state index in [1.165, 1.54) is 5.56 Å². The minimum Gasteiger partial charge on any atom is -0.466 e. The highest BCUT2D eigenvalue weighted by molar-refractivity contribution is 6.30. The number of aromatic nitrogens is 3. The lowest BCUT2D eigenvalue weighted by Crippen LogP contribution is -2.38. The van der Waals surface area contributed by atoms with Crippen LogP contribution in [0.1, 0.15) is 23.2 Å². The Morgan fingerprint density at radius 1 is 1.13 bits per heavy atom. The molecule has 1 amide bonds. The molecule has 0 radical (unpaired) electrons. The average molecular weight is 442 g/mol. The number of carbonyl (C=O) groups is 1. The molecule has 164 valence electrons. The van der Waals surface area contributed by atoms with Gasteiger partial charge in [0, 0.05) is 50.5 Å². The molecule has 1 aliphatic rings. The zero-order valence-electron chi connectivity index (χ0n) is 18.3. The van der Waals surface area contributed by atoms with E-state index in [-0.39, 0.29) is 12.5 Å². The van der Waals surface area contributed by atoms with Gasteiger partial charge in [0.25, 0.3) is 5.91 Å². The SMILES string of the molecule is Cc1cc(C)c2c(OCC(=O)N3CCCN(Cc4ccc(Cl)cc4)CC3)nn(C)c2n1. The molecule has 2 aromatic heterocycles. The largest absolute Gasteiger partial charge is 0.466 e. The third-order valence-corrected chi connectivity index (χ3v) is 5.93. The van der Waals surface area contributed by atoms with Crippen LogP contribution in [0.2, 0.25) is 5.02 Å². The highest BCUT2D eigenvalue weighted by atomic mass is 35.5. The molecular weight excluding hydrogens is 414 g/mol. The maximum Gasteiger partial charge on any atom is 0.260 e. The predicted molar refractivity (Wildman–Crippen MR) is 121 cm³/mol. The Balaban J connectivity index is 1.35. The minimum atomic E-state index is -0.0172. The number of nitrogens with zero attached hydrogens (tertiary/aromatic N) is 5. The summed E-state index contributed by atoms with van der Waals surface area (Å²) >= 11 is 5.98. The van der Waals surface area contributed by atoms with Crippen LogP contribution in [0.15, 0.2) is 30.3 Å². The van der Waals surface area contributed by atoms with E-state index in [2.05, 4.69) is 27.1 Å². The third kappa shape index (κ3) is 4.99. The van der Waals surface area contributed by atoms with Gasteiger partial charge in [0.15, 0.2) is 12.3 Å². The molecule has 31 heavy (non-hydrogen) atoms. The van der Waals surface area contributed by atoms with Gasteiger partial charge in [0.2, 0.25) is 5.88 Å². The maximum absolute atomic E-state index is 12.8. The number of hydrogen-bond donors (Lipinski definition) is 0. The first kappa shape index (κ1) is 21.6. The topological polar surface area (TPSA) is 63.5 Å². The number of hydrogen-bond acceptors (Lipinski definition) is 5. The van der Waals surface area contributed by atoms with Crippen molar-refractivity contribution < 1.29 is 9.53 Å². The minimum absolute atomic E-state index is 0.00938. The molecule has 8 heteroatoms. The third-order valence-electron chi connectivity index (χ3n) is 5.68. The summed E-state index contributed by atoms with van der Waals surface area (Å²) in [7, 11) is 1.84. The second-order valence-corrected chi connectivity index (χ2v) is 8.57. The summed E-state index contributed by atoms with van der Waals surface area (Å²) in [5.74, 6) is 0.458. The quantitative estimate of drug-likeness (QED) is 0.607. The number of rotatable bonds is 5. The number of carbonyl (C=O) groups excluding carboxylic acids is 1. The number of amides is 1. The summed E-state index contributed by atoms with van der Waals surface area (Å²) in [6, 6.07) is 9.95. The lowest BCUT2D eigenvalue weighted by atomic mass is 10.2. The molecule has 0 N–H and O–H groups in total. The summed E-state index contributed by atoms with van der Waals surface area (Å²) in [5, 5.41) is 6.05. The van der Waals surface area contributed by atoms with Gasteiger partial charge < -0.3 is 9.64 Å². The Bertz CT molecular complexity index is 1080. The van der Waals surface area contributed by atoms with Crippen LogP contribution in [0.3, 0.4) is 0 Å². The molecule has 1 aromatic carbocycles. The molecule has 7 nitrogen and oxygen atoms in total. The number of ether oxygens (including phenoxy) is 1. The maximum atomic E-state index is 12.8. The summed E-state index contributed by atoms with van der Waals surface area (Å²) in [6.07, 6.45) is 0.939. The van der Waals surface area contributed by atoms with Crippen molar-refractivity contribution in [1.29, 1.82) is 0 Å². The van der Waals surface area contributed by atoms with Gasteiger partial charge in [-0.05, 0) is 49.6 Å². The van der Waals surface area contributed by atoms with E-state index in [9.17, 15) is 4.79 Å². The number of aryl methyl sites for hydroxylation is 3. The van der Waals surface area contributed by atoms with E-state index >= 15 is 0 Å². The highest BCUT2D eigenvalue weighted by Gasteiger charge is 2.21. The smallest absolute Gasteiger partial charge is 0.260 e. The van der Waals surface area contributed by atoms with Gasteiger partial charge in [0.05, 0.1) is 5.39 Å². The number of pyridine rings is 1. The molecule has 3 aromatic rings. The molecule has 1 aliphatic heterocycles. The fraction of sp³-hybridized carbons (Fsp3) is 0.435. The fourth-order valence-electron chi connectivity index (χ4n) is 4.10. The van der Waals surface area contributed by atoms with Crippen LogP contribution < -0.4 is 4.74 Å². The van der Waals surface area contributed by atoms with E-state index in [1.54, 1.807) is 4.68 Å².